The van der Waals surface area contributed by atoms with Crippen LogP contribution in [0.5, 0.6) is 0 Å². The normalized spacial score (nSPS) is 23.3. The molecule has 1 fully saturated rings. The molecule has 1 aliphatic rings. The van der Waals surface area contributed by atoms with Gasteiger partial charge >= 0.3 is 0 Å². The van der Waals surface area contributed by atoms with Crippen LogP contribution in [0.1, 0.15) is 30.4 Å². The first kappa shape index (κ1) is 15.0. The van der Waals surface area contributed by atoms with Gasteiger partial charge in [-0.3, -0.25) is 0 Å². The van der Waals surface area contributed by atoms with E-state index in [0.29, 0.717) is 0 Å². The highest BCUT2D eigenvalue weighted by molar-refractivity contribution is 5.41. The molecule has 1 aliphatic heterocycles. The summed E-state index contributed by atoms with van der Waals surface area (Å²) in [7, 11) is 0. The number of hydrogen-bond acceptors (Lipinski definition) is 2. The third-order valence-corrected chi connectivity index (χ3v) is 4.56. The first-order valence-electron chi connectivity index (χ1n) is 7.83. The van der Waals surface area contributed by atoms with Crippen LogP contribution in [0, 0.1) is 0 Å². The molecule has 2 nitrogen and oxygen atoms in total. The maximum absolute atomic E-state index is 10.8. The number of rotatable bonds is 5. The lowest BCUT2D eigenvalue weighted by Gasteiger charge is -2.32. The molecule has 2 heteroatoms. The summed E-state index contributed by atoms with van der Waals surface area (Å²) in [6, 6.07) is 20.4. The third kappa shape index (κ3) is 2.60. The zero-order valence-electron chi connectivity index (χ0n) is 12.7. The van der Waals surface area contributed by atoms with E-state index in [0.717, 1.165) is 30.4 Å². The predicted molar refractivity (Wildman–Crippen MR) is 88.6 cm³/mol. The molecule has 1 N–H and O–H groups in total. The molecular weight excluding hydrogens is 272 g/mol. The summed E-state index contributed by atoms with van der Waals surface area (Å²) in [5.41, 5.74) is 1.72. The molecule has 0 aromatic heterocycles. The Morgan fingerprint density at radius 1 is 1.05 bits per heavy atom. The van der Waals surface area contributed by atoms with Crippen molar-refractivity contribution < 1.29 is 9.84 Å². The number of hydrogen-bond donors (Lipinski definition) is 1. The topological polar surface area (TPSA) is 29.5 Å². The first-order chi connectivity index (χ1) is 10.8. The Kier molecular flexibility index (Phi) is 4.41. The lowest BCUT2D eigenvalue weighted by atomic mass is 9.71. The summed E-state index contributed by atoms with van der Waals surface area (Å²) >= 11 is 0. The van der Waals surface area contributed by atoms with Crippen molar-refractivity contribution in [1.82, 2.24) is 0 Å². The molecule has 0 amide bonds. The van der Waals surface area contributed by atoms with E-state index in [1.54, 1.807) is 0 Å². The number of aliphatic hydroxyl groups is 1. The summed E-state index contributed by atoms with van der Waals surface area (Å²) in [5.74, 6) is 0. The average molecular weight is 294 g/mol. The molecule has 0 saturated carbocycles. The minimum absolute atomic E-state index is 0.0495. The van der Waals surface area contributed by atoms with Gasteiger partial charge < -0.3 is 9.84 Å². The van der Waals surface area contributed by atoms with E-state index >= 15 is 0 Å². The highest BCUT2D eigenvalue weighted by atomic mass is 16.6. The van der Waals surface area contributed by atoms with E-state index in [1.807, 2.05) is 42.5 Å². The van der Waals surface area contributed by atoms with Crippen LogP contribution in [0.15, 0.2) is 73.3 Å². The van der Waals surface area contributed by atoms with Gasteiger partial charge in [-0.1, -0.05) is 66.7 Å². The molecule has 0 aliphatic carbocycles. The lowest BCUT2D eigenvalue weighted by Crippen LogP contribution is -2.36. The summed E-state index contributed by atoms with van der Waals surface area (Å²) < 4.78 is 5.90. The second-order valence-electron chi connectivity index (χ2n) is 5.88. The van der Waals surface area contributed by atoms with E-state index in [1.165, 1.54) is 0 Å². The van der Waals surface area contributed by atoms with Gasteiger partial charge in [0, 0.05) is 0 Å². The van der Waals surface area contributed by atoms with Gasteiger partial charge in [0.1, 0.15) is 0 Å². The number of aliphatic hydroxyl groups excluding tert-OH is 1. The summed E-state index contributed by atoms with van der Waals surface area (Å²) in [5, 5.41) is 10.8. The van der Waals surface area contributed by atoms with Gasteiger partial charge in [-0.05, 0) is 30.4 Å². The minimum atomic E-state index is -0.827. The van der Waals surface area contributed by atoms with Gasteiger partial charge in [-0.2, -0.15) is 0 Å². The van der Waals surface area contributed by atoms with Gasteiger partial charge in [-0.15, -0.1) is 6.58 Å². The molecule has 1 saturated heterocycles. The van der Waals surface area contributed by atoms with E-state index in [-0.39, 0.29) is 6.10 Å². The molecular formula is C20H22O2. The summed E-state index contributed by atoms with van der Waals surface area (Å²) in [6.45, 7) is 3.78. The van der Waals surface area contributed by atoms with E-state index in [4.69, 9.17) is 4.74 Å². The van der Waals surface area contributed by atoms with Crippen molar-refractivity contribution in [3.63, 3.8) is 0 Å². The second kappa shape index (κ2) is 6.47. The van der Waals surface area contributed by atoms with E-state index in [9.17, 15) is 5.11 Å². The average Bonchev–Trinajstić information content (AvgIpc) is 2.92. The van der Waals surface area contributed by atoms with Crippen LogP contribution in [0.25, 0.3) is 0 Å². The van der Waals surface area contributed by atoms with Gasteiger partial charge in [0.25, 0.3) is 0 Å². The molecule has 2 aromatic carbocycles. The van der Waals surface area contributed by atoms with Gasteiger partial charge in [0.05, 0.1) is 11.5 Å². The number of ether oxygens (including phenoxy) is 1. The molecule has 2 unspecified atom stereocenters. The smallest absolute Gasteiger partial charge is 0.168 e. The standard InChI is InChI=1S/C20H22O2/c1-2-3-14-18-15-20(19(21)22-18,16-10-6-4-7-11-16)17-12-8-5-9-13-17/h2,4-13,18-19,21H,1,3,14-15H2. The Morgan fingerprint density at radius 3 is 2.09 bits per heavy atom. The first-order valence-corrected chi connectivity index (χ1v) is 7.83. The Balaban J connectivity index is 2.03. The Labute approximate surface area is 132 Å². The van der Waals surface area contributed by atoms with Crippen molar-refractivity contribution in [3.8, 4) is 0 Å². The van der Waals surface area contributed by atoms with E-state index < -0.39 is 11.7 Å². The quantitative estimate of drug-likeness (QED) is 0.843. The zero-order valence-corrected chi connectivity index (χ0v) is 12.7. The van der Waals surface area contributed by atoms with Crippen LogP contribution >= 0.6 is 0 Å². The molecule has 3 rings (SSSR count). The molecule has 22 heavy (non-hydrogen) atoms. The van der Waals surface area contributed by atoms with Gasteiger partial charge in [0.15, 0.2) is 6.29 Å². The van der Waals surface area contributed by atoms with Crippen LogP contribution in [0.2, 0.25) is 0 Å². The highest BCUT2D eigenvalue weighted by Gasteiger charge is 2.49. The number of allylic oxidation sites excluding steroid dienone is 1. The summed E-state index contributed by atoms with van der Waals surface area (Å²) in [6.07, 6.45) is 3.70. The van der Waals surface area contributed by atoms with Crippen molar-refractivity contribution in [2.24, 2.45) is 0 Å². The minimum Gasteiger partial charge on any atom is -0.367 e. The van der Waals surface area contributed by atoms with Crippen molar-refractivity contribution >= 4 is 0 Å². The van der Waals surface area contributed by atoms with E-state index in [2.05, 4.69) is 30.8 Å². The predicted octanol–water partition coefficient (Wildman–Crippen LogP) is 4.05. The Hall–Kier alpha value is -1.90. The van der Waals surface area contributed by atoms with Crippen LogP contribution in [-0.4, -0.2) is 17.5 Å². The fraction of sp³-hybridized carbons (Fsp3) is 0.300. The third-order valence-electron chi connectivity index (χ3n) is 4.56. The lowest BCUT2D eigenvalue weighted by molar-refractivity contribution is -0.110. The molecule has 0 radical (unpaired) electrons. The monoisotopic (exact) mass is 294 g/mol. The maximum atomic E-state index is 10.8. The molecule has 2 atom stereocenters. The molecule has 2 aromatic rings. The second-order valence-corrected chi connectivity index (χ2v) is 5.88. The maximum Gasteiger partial charge on any atom is 0.168 e. The van der Waals surface area contributed by atoms with Crippen LogP contribution in [-0.2, 0) is 10.2 Å². The van der Waals surface area contributed by atoms with Crippen LogP contribution < -0.4 is 0 Å². The largest absolute Gasteiger partial charge is 0.367 e. The molecule has 1 heterocycles. The molecule has 0 spiro atoms. The van der Waals surface area contributed by atoms with Crippen molar-refractivity contribution in [3.05, 3.63) is 84.4 Å². The van der Waals surface area contributed by atoms with Crippen molar-refractivity contribution in [1.29, 1.82) is 0 Å². The van der Waals surface area contributed by atoms with Crippen molar-refractivity contribution in [2.45, 2.75) is 37.1 Å². The Bertz CT molecular complexity index is 567. The van der Waals surface area contributed by atoms with Gasteiger partial charge in [0.2, 0.25) is 0 Å². The van der Waals surface area contributed by atoms with Gasteiger partial charge in [-0.25, -0.2) is 0 Å². The highest BCUT2D eigenvalue weighted by Crippen LogP contribution is 2.46. The van der Waals surface area contributed by atoms with Crippen molar-refractivity contribution in [2.75, 3.05) is 0 Å². The summed E-state index contributed by atoms with van der Waals surface area (Å²) in [4.78, 5) is 0. The molecule has 114 valence electrons. The van der Waals surface area contributed by atoms with Crippen LogP contribution in [0.3, 0.4) is 0 Å². The SMILES string of the molecule is C=CCCC1CC(c2ccccc2)(c2ccccc2)C(O)O1. The Morgan fingerprint density at radius 2 is 1.59 bits per heavy atom. The zero-order chi connectivity index (χ0) is 15.4. The molecule has 0 bridgehead atoms. The number of benzene rings is 2. The fourth-order valence-corrected chi connectivity index (χ4v) is 3.44. The van der Waals surface area contributed by atoms with Crippen LogP contribution in [0.4, 0.5) is 0 Å². The fourth-order valence-electron chi connectivity index (χ4n) is 3.44.